The summed E-state index contributed by atoms with van der Waals surface area (Å²) in [5.41, 5.74) is 2.21. The molecular formula is C16H20BrClN2O2. The third-order valence-electron chi connectivity index (χ3n) is 3.83. The Morgan fingerprint density at radius 2 is 1.86 bits per heavy atom. The molecule has 0 radical (unpaired) electrons. The summed E-state index contributed by atoms with van der Waals surface area (Å²) in [6, 6.07) is 8.03. The average Bonchev–Trinajstić information content (AvgIpc) is 3.14. The van der Waals surface area contributed by atoms with Gasteiger partial charge in [-0.25, -0.2) is 0 Å². The molecule has 1 fully saturated rings. The third-order valence-corrected chi connectivity index (χ3v) is 4.95. The summed E-state index contributed by atoms with van der Waals surface area (Å²) in [5, 5.41) is 5.69. The lowest BCUT2D eigenvalue weighted by atomic mass is 10.1. The van der Waals surface area contributed by atoms with Crippen molar-refractivity contribution in [1.82, 2.24) is 10.6 Å². The summed E-state index contributed by atoms with van der Waals surface area (Å²) in [7, 11) is 0. The van der Waals surface area contributed by atoms with E-state index in [0.29, 0.717) is 13.1 Å². The number of carbonyl (C=O) groups is 2. The van der Waals surface area contributed by atoms with Crippen LogP contribution in [0.15, 0.2) is 24.3 Å². The molecule has 0 aliphatic heterocycles. The number of hydrogen-bond acceptors (Lipinski definition) is 2. The van der Waals surface area contributed by atoms with Crippen molar-refractivity contribution in [2.75, 3.05) is 12.4 Å². The van der Waals surface area contributed by atoms with E-state index in [9.17, 15) is 9.59 Å². The zero-order chi connectivity index (χ0) is 16.2. The summed E-state index contributed by atoms with van der Waals surface area (Å²) in [4.78, 5) is 22.9. The van der Waals surface area contributed by atoms with Crippen LogP contribution in [0.3, 0.4) is 0 Å². The van der Waals surface area contributed by atoms with Gasteiger partial charge in [0.1, 0.15) is 5.88 Å². The first-order valence-electron chi connectivity index (χ1n) is 7.29. The lowest BCUT2D eigenvalue weighted by Crippen LogP contribution is -2.27. The number of halogens is 2. The summed E-state index contributed by atoms with van der Waals surface area (Å²) >= 11 is 8.94. The number of benzene rings is 1. The molecule has 2 amide bonds. The molecule has 0 aromatic heterocycles. The normalized spacial score (nSPS) is 23.0. The number of carbonyl (C=O) groups excluding carboxylic acids is 2. The van der Waals surface area contributed by atoms with Crippen molar-refractivity contribution in [3.8, 4) is 0 Å². The molecule has 2 atom stereocenters. The SMILES string of the molecule is CC1(Br)CC1C(=O)NCc1ccc(CCNC(=O)CCl)cc1. The molecule has 22 heavy (non-hydrogen) atoms. The zero-order valence-corrected chi connectivity index (χ0v) is 14.8. The van der Waals surface area contributed by atoms with Gasteiger partial charge in [-0.1, -0.05) is 40.2 Å². The minimum absolute atomic E-state index is 0.00687. The van der Waals surface area contributed by atoms with Crippen LogP contribution in [-0.4, -0.2) is 28.6 Å². The monoisotopic (exact) mass is 386 g/mol. The smallest absolute Gasteiger partial charge is 0.234 e. The van der Waals surface area contributed by atoms with Crippen LogP contribution in [0.1, 0.15) is 24.5 Å². The number of nitrogens with one attached hydrogen (secondary N) is 2. The number of rotatable bonds is 7. The Hall–Kier alpha value is -1.07. The molecule has 2 rings (SSSR count). The highest BCUT2D eigenvalue weighted by Gasteiger charge is 2.52. The first-order chi connectivity index (χ1) is 10.4. The van der Waals surface area contributed by atoms with E-state index in [1.165, 1.54) is 0 Å². The van der Waals surface area contributed by atoms with E-state index >= 15 is 0 Å². The minimum atomic E-state index is -0.153. The van der Waals surface area contributed by atoms with Crippen LogP contribution in [0.5, 0.6) is 0 Å². The summed E-state index contributed by atoms with van der Waals surface area (Å²) in [6.45, 7) is 3.16. The van der Waals surface area contributed by atoms with Crippen LogP contribution in [0.25, 0.3) is 0 Å². The van der Waals surface area contributed by atoms with Crippen molar-refractivity contribution in [3.05, 3.63) is 35.4 Å². The summed E-state index contributed by atoms with van der Waals surface area (Å²) in [5.74, 6) is 0.0250. The highest BCUT2D eigenvalue weighted by Crippen LogP contribution is 2.50. The molecule has 120 valence electrons. The lowest BCUT2D eigenvalue weighted by molar-refractivity contribution is -0.122. The van der Waals surface area contributed by atoms with Crippen LogP contribution in [0.2, 0.25) is 0 Å². The molecule has 4 nitrogen and oxygen atoms in total. The van der Waals surface area contributed by atoms with E-state index in [2.05, 4.69) is 26.6 Å². The van der Waals surface area contributed by atoms with Crippen LogP contribution >= 0.6 is 27.5 Å². The van der Waals surface area contributed by atoms with Gasteiger partial charge < -0.3 is 10.6 Å². The van der Waals surface area contributed by atoms with Crippen molar-refractivity contribution in [1.29, 1.82) is 0 Å². The van der Waals surface area contributed by atoms with Crippen molar-refractivity contribution < 1.29 is 9.59 Å². The van der Waals surface area contributed by atoms with Gasteiger partial charge in [0.25, 0.3) is 0 Å². The van der Waals surface area contributed by atoms with Crippen LogP contribution in [-0.2, 0) is 22.6 Å². The third kappa shape index (κ3) is 4.99. The minimum Gasteiger partial charge on any atom is -0.355 e. The highest BCUT2D eigenvalue weighted by molar-refractivity contribution is 9.10. The molecule has 0 saturated heterocycles. The van der Waals surface area contributed by atoms with Gasteiger partial charge in [0.15, 0.2) is 0 Å². The van der Waals surface area contributed by atoms with E-state index in [0.717, 1.165) is 24.0 Å². The van der Waals surface area contributed by atoms with Gasteiger partial charge in [0.2, 0.25) is 11.8 Å². The topological polar surface area (TPSA) is 58.2 Å². The molecule has 0 heterocycles. The second kappa shape index (κ2) is 7.47. The second-order valence-electron chi connectivity index (χ2n) is 5.80. The Labute approximate surface area is 144 Å². The predicted molar refractivity (Wildman–Crippen MR) is 91.2 cm³/mol. The molecule has 6 heteroatoms. The van der Waals surface area contributed by atoms with Gasteiger partial charge in [0, 0.05) is 17.4 Å². The van der Waals surface area contributed by atoms with E-state index in [-0.39, 0.29) is 27.9 Å². The Bertz CT molecular complexity index is 546. The fraction of sp³-hybridized carbons (Fsp3) is 0.500. The van der Waals surface area contributed by atoms with Gasteiger partial charge in [-0.2, -0.15) is 0 Å². The van der Waals surface area contributed by atoms with E-state index in [4.69, 9.17) is 11.6 Å². The molecular weight excluding hydrogens is 368 g/mol. The van der Waals surface area contributed by atoms with Crippen LogP contribution in [0.4, 0.5) is 0 Å². The maximum absolute atomic E-state index is 11.9. The standard InChI is InChI=1S/C16H20BrClN2O2/c1-16(17)8-13(16)15(22)20-10-12-4-2-11(3-5-12)6-7-19-14(21)9-18/h2-5,13H,6-10H2,1H3,(H,19,21)(H,20,22). The van der Waals surface area contributed by atoms with E-state index in [1.807, 2.05) is 31.2 Å². The van der Waals surface area contributed by atoms with E-state index < -0.39 is 0 Å². The predicted octanol–water partition coefficient (Wildman–Crippen LogP) is 2.37. The number of amides is 2. The van der Waals surface area contributed by atoms with Gasteiger partial charge in [-0.3, -0.25) is 9.59 Å². The Kier molecular flexibility index (Phi) is 5.87. The Morgan fingerprint density at radius 1 is 1.27 bits per heavy atom. The first-order valence-corrected chi connectivity index (χ1v) is 8.62. The zero-order valence-electron chi connectivity index (χ0n) is 12.5. The molecule has 1 aliphatic rings. The molecule has 1 aromatic rings. The molecule has 2 N–H and O–H groups in total. The average molecular weight is 388 g/mol. The van der Waals surface area contributed by atoms with Gasteiger partial charge in [-0.15, -0.1) is 11.6 Å². The largest absolute Gasteiger partial charge is 0.355 e. The first kappa shape index (κ1) is 17.3. The van der Waals surface area contributed by atoms with Crippen molar-refractivity contribution in [2.24, 2.45) is 5.92 Å². The van der Waals surface area contributed by atoms with Gasteiger partial charge in [0.05, 0.1) is 5.92 Å². The summed E-state index contributed by atoms with van der Waals surface area (Å²) < 4.78 is -0.0194. The fourth-order valence-corrected chi connectivity index (χ4v) is 2.86. The molecule has 1 saturated carbocycles. The lowest BCUT2D eigenvalue weighted by Gasteiger charge is -2.08. The Morgan fingerprint density at radius 3 is 2.41 bits per heavy atom. The molecule has 0 bridgehead atoms. The van der Waals surface area contributed by atoms with Crippen molar-refractivity contribution >= 4 is 39.3 Å². The molecule has 1 aliphatic carbocycles. The van der Waals surface area contributed by atoms with Gasteiger partial charge in [-0.05, 0) is 30.9 Å². The quantitative estimate of drug-likeness (QED) is 0.706. The maximum Gasteiger partial charge on any atom is 0.234 e. The number of hydrogen-bond donors (Lipinski definition) is 2. The van der Waals surface area contributed by atoms with Crippen LogP contribution < -0.4 is 10.6 Å². The highest BCUT2D eigenvalue weighted by atomic mass is 79.9. The van der Waals surface area contributed by atoms with Crippen molar-refractivity contribution in [3.63, 3.8) is 0 Å². The molecule has 0 spiro atoms. The Balaban J connectivity index is 1.72. The van der Waals surface area contributed by atoms with Gasteiger partial charge >= 0.3 is 0 Å². The summed E-state index contributed by atoms with van der Waals surface area (Å²) in [6.07, 6.45) is 1.66. The van der Waals surface area contributed by atoms with Crippen molar-refractivity contribution in [2.45, 2.75) is 30.6 Å². The molecule has 1 aromatic carbocycles. The van der Waals surface area contributed by atoms with Crippen LogP contribution in [0, 0.1) is 5.92 Å². The maximum atomic E-state index is 11.9. The fourth-order valence-electron chi connectivity index (χ4n) is 2.24. The second-order valence-corrected chi connectivity index (χ2v) is 7.88. The number of alkyl halides is 2. The molecule has 2 unspecified atom stereocenters. The van der Waals surface area contributed by atoms with E-state index in [1.54, 1.807) is 0 Å².